The van der Waals surface area contributed by atoms with Gasteiger partial charge in [-0.1, -0.05) is 6.92 Å². The van der Waals surface area contributed by atoms with Crippen LogP contribution in [0.2, 0.25) is 0 Å². The maximum absolute atomic E-state index is 11.1. The van der Waals surface area contributed by atoms with Crippen molar-refractivity contribution in [1.82, 2.24) is 0 Å². The van der Waals surface area contributed by atoms with Crippen molar-refractivity contribution in [3.05, 3.63) is 21.1 Å². The second-order valence-corrected chi connectivity index (χ2v) is 5.97. The first-order chi connectivity index (χ1) is 7.45. The highest BCUT2D eigenvalue weighted by Crippen LogP contribution is 2.39. The number of nitrogens with zero attached hydrogens (tertiary/aromatic N) is 1. The molecule has 1 aromatic rings. The van der Waals surface area contributed by atoms with Crippen molar-refractivity contribution in [3.63, 3.8) is 0 Å². The molecule has 1 atom stereocenters. The molecule has 1 N–H and O–H groups in total. The molecule has 0 bridgehead atoms. The van der Waals surface area contributed by atoms with Crippen molar-refractivity contribution in [1.29, 1.82) is 0 Å². The Kier molecular flexibility index (Phi) is 4.45. The van der Waals surface area contributed by atoms with Crippen LogP contribution in [0.1, 0.15) is 23.5 Å². The van der Waals surface area contributed by atoms with Crippen LogP contribution in [0.4, 0.5) is 5.69 Å². The molecule has 0 aliphatic rings. The molecular weight excluding hydrogens is 250 g/mol. The fourth-order valence-electron chi connectivity index (χ4n) is 0.970. The lowest BCUT2D eigenvalue weighted by Gasteiger charge is -2.03. The number of nitro groups is 1. The number of carbonyl (C=O) groups is 1. The molecule has 0 spiro atoms. The Morgan fingerprint density at radius 1 is 1.75 bits per heavy atom. The predicted octanol–water partition coefficient (Wildman–Crippen LogP) is 2.33. The molecule has 5 nitrogen and oxygen atoms in total. The van der Waals surface area contributed by atoms with Gasteiger partial charge in [0.1, 0.15) is 4.21 Å². The van der Waals surface area contributed by atoms with Crippen LogP contribution in [-0.2, 0) is 0 Å². The van der Waals surface area contributed by atoms with Crippen molar-refractivity contribution < 1.29 is 14.8 Å². The smallest absolute Gasteiger partial charge is 0.294 e. The fraction of sp³-hybridized carbons (Fsp3) is 0.444. The van der Waals surface area contributed by atoms with E-state index in [-0.39, 0.29) is 23.3 Å². The summed E-state index contributed by atoms with van der Waals surface area (Å²) >= 11 is 2.31. The van der Waals surface area contributed by atoms with Crippen LogP contribution in [0.15, 0.2) is 10.3 Å². The molecular formula is C9H11NO4S2. The van der Waals surface area contributed by atoms with Crippen molar-refractivity contribution >= 4 is 34.6 Å². The maximum Gasteiger partial charge on any atom is 0.294 e. The highest BCUT2D eigenvalue weighted by molar-refractivity contribution is 8.01. The van der Waals surface area contributed by atoms with Crippen molar-refractivity contribution in [2.75, 3.05) is 6.61 Å². The van der Waals surface area contributed by atoms with E-state index in [0.717, 1.165) is 11.3 Å². The molecule has 0 amide bonds. The molecule has 0 aliphatic heterocycles. The van der Waals surface area contributed by atoms with Gasteiger partial charge in [-0.2, -0.15) is 0 Å². The number of ketones is 1. The zero-order chi connectivity index (χ0) is 12.3. The second-order valence-electron chi connectivity index (χ2n) is 3.21. The van der Waals surface area contributed by atoms with Crippen LogP contribution in [0.25, 0.3) is 0 Å². The zero-order valence-electron chi connectivity index (χ0n) is 8.80. The third kappa shape index (κ3) is 3.03. The highest BCUT2D eigenvalue weighted by atomic mass is 32.2. The number of Topliss-reactive ketones (excluding diaryl/α,β-unsaturated/α-hetero) is 1. The van der Waals surface area contributed by atoms with Gasteiger partial charge in [0.05, 0.1) is 16.4 Å². The largest absolute Gasteiger partial charge is 0.395 e. The summed E-state index contributed by atoms with van der Waals surface area (Å²) in [7, 11) is 0. The highest BCUT2D eigenvalue weighted by Gasteiger charge is 2.22. The van der Waals surface area contributed by atoms with E-state index >= 15 is 0 Å². The summed E-state index contributed by atoms with van der Waals surface area (Å²) in [5, 5.41) is 19.5. The van der Waals surface area contributed by atoms with Gasteiger partial charge in [-0.05, 0) is 6.92 Å². The number of thioether (sulfide) groups is 1. The van der Waals surface area contributed by atoms with Gasteiger partial charge in [-0.3, -0.25) is 14.9 Å². The first kappa shape index (κ1) is 13.1. The summed E-state index contributed by atoms with van der Waals surface area (Å²) in [4.78, 5) is 21.7. The van der Waals surface area contributed by atoms with E-state index in [0.29, 0.717) is 9.09 Å². The van der Waals surface area contributed by atoms with Gasteiger partial charge >= 0.3 is 0 Å². The lowest BCUT2D eigenvalue weighted by atomic mass is 10.3. The van der Waals surface area contributed by atoms with Gasteiger partial charge in [-0.15, -0.1) is 23.1 Å². The molecule has 0 aliphatic carbocycles. The standard InChI is InChI=1S/C9H11NO4S2/c1-5(4-11)15-9-7(10(13)14)3-8(16-9)6(2)12/h3,5,11H,4H2,1-2H3/t5-/m1/s1. The lowest BCUT2D eigenvalue weighted by Crippen LogP contribution is -2.01. The van der Waals surface area contributed by atoms with Crippen LogP contribution in [0.3, 0.4) is 0 Å². The number of hydrogen-bond acceptors (Lipinski definition) is 6. The average Bonchev–Trinajstić information content (AvgIpc) is 2.61. The van der Waals surface area contributed by atoms with Gasteiger partial charge in [-0.25, -0.2) is 0 Å². The number of aliphatic hydroxyl groups is 1. The zero-order valence-corrected chi connectivity index (χ0v) is 10.4. The average molecular weight is 261 g/mol. The van der Waals surface area contributed by atoms with E-state index in [1.807, 2.05) is 0 Å². The molecule has 0 radical (unpaired) electrons. The minimum atomic E-state index is -0.505. The predicted molar refractivity (Wildman–Crippen MR) is 63.4 cm³/mol. The quantitative estimate of drug-likeness (QED) is 0.381. The molecule has 16 heavy (non-hydrogen) atoms. The number of thiophene rings is 1. The monoisotopic (exact) mass is 261 g/mol. The SMILES string of the molecule is CC(=O)c1cc([N+](=O)[O-])c(S[C@H](C)CO)s1. The van der Waals surface area contributed by atoms with Crippen molar-refractivity contribution in [3.8, 4) is 0 Å². The Labute approximate surface area is 101 Å². The number of rotatable bonds is 5. The minimum Gasteiger partial charge on any atom is -0.395 e. The third-order valence-electron chi connectivity index (χ3n) is 1.79. The topological polar surface area (TPSA) is 80.4 Å². The molecule has 0 fully saturated rings. The first-order valence-electron chi connectivity index (χ1n) is 4.52. The van der Waals surface area contributed by atoms with E-state index in [1.54, 1.807) is 6.92 Å². The van der Waals surface area contributed by atoms with Crippen molar-refractivity contribution in [2.45, 2.75) is 23.3 Å². The molecule has 7 heteroatoms. The van der Waals surface area contributed by atoms with E-state index < -0.39 is 4.92 Å². The van der Waals surface area contributed by atoms with Crippen molar-refractivity contribution in [2.24, 2.45) is 0 Å². The second kappa shape index (κ2) is 5.42. The number of hydrogen-bond donors (Lipinski definition) is 1. The van der Waals surface area contributed by atoms with Crippen LogP contribution in [0.5, 0.6) is 0 Å². The van der Waals surface area contributed by atoms with Crippen LogP contribution < -0.4 is 0 Å². The Morgan fingerprint density at radius 2 is 2.38 bits per heavy atom. The van der Waals surface area contributed by atoms with E-state index in [2.05, 4.69) is 0 Å². The van der Waals surface area contributed by atoms with E-state index in [9.17, 15) is 14.9 Å². The Bertz CT molecular complexity index is 416. The van der Waals surface area contributed by atoms with E-state index in [1.165, 1.54) is 24.8 Å². The minimum absolute atomic E-state index is 0.0551. The normalized spacial score (nSPS) is 12.4. The molecule has 0 unspecified atom stereocenters. The molecule has 1 aromatic heterocycles. The van der Waals surface area contributed by atoms with Crippen LogP contribution in [-0.4, -0.2) is 27.7 Å². The molecule has 0 saturated carbocycles. The Balaban J connectivity index is 3.05. The third-order valence-corrected chi connectivity index (χ3v) is 4.32. The van der Waals surface area contributed by atoms with E-state index in [4.69, 9.17) is 5.11 Å². The Morgan fingerprint density at radius 3 is 2.81 bits per heavy atom. The number of aliphatic hydroxyl groups excluding tert-OH is 1. The van der Waals surface area contributed by atoms with Crippen LogP contribution in [0, 0.1) is 10.1 Å². The molecule has 1 heterocycles. The molecule has 0 aromatic carbocycles. The molecule has 0 saturated heterocycles. The van der Waals surface area contributed by atoms with Gasteiger partial charge in [0, 0.05) is 11.3 Å². The fourth-order valence-corrected chi connectivity index (χ4v) is 3.37. The molecule has 1 rings (SSSR count). The molecule has 88 valence electrons. The lowest BCUT2D eigenvalue weighted by molar-refractivity contribution is -0.387. The summed E-state index contributed by atoms with van der Waals surface area (Å²) in [6.07, 6.45) is 0. The summed E-state index contributed by atoms with van der Waals surface area (Å²) in [6, 6.07) is 1.29. The summed E-state index contributed by atoms with van der Waals surface area (Å²) < 4.78 is 0.469. The van der Waals surface area contributed by atoms with Gasteiger partial charge < -0.3 is 5.11 Å². The maximum atomic E-state index is 11.1. The number of carbonyl (C=O) groups excluding carboxylic acids is 1. The summed E-state index contributed by atoms with van der Waals surface area (Å²) in [5.74, 6) is -0.184. The summed E-state index contributed by atoms with van der Waals surface area (Å²) in [6.45, 7) is 3.08. The van der Waals surface area contributed by atoms with Gasteiger partial charge in [0.25, 0.3) is 5.69 Å². The Hall–Kier alpha value is -0.920. The van der Waals surface area contributed by atoms with Gasteiger partial charge in [0.2, 0.25) is 0 Å². The first-order valence-corrected chi connectivity index (χ1v) is 6.22. The van der Waals surface area contributed by atoms with Crippen LogP contribution >= 0.6 is 23.1 Å². The summed E-state index contributed by atoms with van der Waals surface area (Å²) in [5.41, 5.74) is -0.0551. The van der Waals surface area contributed by atoms with Gasteiger partial charge in [0.15, 0.2) is 5.78 Å².